The molecule has 114 valence electrons. The molecule has 2 atom stereocenters. The van der Waals surface area contributed by atoms with Crippen LogP contribution < -0.4 is 9.47 Å². The van der Waals surface area contributed by atoms with Crippen molar-refractivity contribution in [2.24, 2.45) is 5.92 Å². The molecule has 1 aliphatic heterocycles. The van der Waals surface area contributed by atoms with Crippen LogP contribution in [0.4, 0.5) is 0 Å². The lowest BCUT2D eigenvalue weighted by Crippen LogP contribution is -2.31. The molecule has 0 unspecified atom stereocenters. The zero-order valence-electron chi connectivity index (χ0n) is 13.1. The molecule has 0 amide bonds. The summed E-state index contributed by atoms with van der Waals surface area (Å²) in [5.74, 6) is 0.974. The second-order valence-electron chi connectivity index (χ2n) is 6.26. The Hall–Kier alpha value is -2.29. The Kier molecular flexibility index (Phi) is 3.44. The first-order valence-corrected chi connectivity index (χ1v) is 7.40. The number of carbonyl (C=O) groups excluding carboxylic acids is 1. The lowest BCUT2D eigenvalue weighted by Gasteiger charge is -2.32. The Morgan fingerprint density at radius 3 is 2.55 bits per heavy atom. The molecule has 1 aromatic carbocycles. The molecule has 3 nitrogen and oxygen atoms in total. The summed E-state index contributed by atoms with van der Waals surface area (Å²) < 4.78 is 11.1. The van der Waals surface area contributed by atoms with Crippen LogP contribution in [0.2, 0.25) is 0 Å². The van der Waals surface area contributed by atoms with Crippen molar-refractivity contribution in [1.29, 1.82) is 0 Å². The van der Waals surface area contributed by atoms with Gasteiger partial charge >= 0.3 is 5.97 Å². The van der Waals surface area contributed by atoms with Crippen molar-refractivity contribution in [1.82, 2.24) is 0 Å². The smallest absolute Gasteiger partial charge is 0.319 e. The molecule has 0 saturated carbocycles. The number of rotatable bonds is 3. The van der Waals surface area contributed by atoms with Crippen LogP contribution in [0.25, 0.3) is 0 Å². The van der Waals surface area contributed by atoms with Gasteiger partial charge in [0.25, 0.3) is 0 Å². The normalized spacial score (nSPS) is 22.6. The molecule has 1 heterocycles. The summed E-state index contributed by atoms with van der Waals surface area (Å²) in [6.45, 7) is 8.01. The molecule has 0 fully saturated rings. The molecule has 1 aliphatic carbocycles. The summed E-state index contributed by atoms with van der Waals surface area (Å²) in [6.07, 6.45) is 9.66. The third-order valence-corrected chi connectivity index (χ3v) is 4.51. The SMILES string of the molecule is C=CC(C)(C)c1cc2c(cc1OC)[C@H]1C=CC=C[C@@H]1C(=O)O2. The third-order valence-electron chi connectivity index (χ3n) is 4.51. The van der Waals surface area contributed by atoms with Crippen LogP contribution in [0, 0.1) is 5.92 Å². The van der Waals surface area contributed by atoms with Gasteiger partial charge in [-0.1, -0.05) is 44.2 Å². The quantitative estimate of drug-likeness (QED) is 0.482. The van der Waals surface area contributed by atoms with Crippen molar-refractivity contribution in [2.45, 2.75) is 25.2 Å². The summed E-state index contributed by atoms with van der Waals surface area (Å²) in [4.78, 5) is 12.2. The molecule has 0 spiro atoms. The second-order valence-corrected chi connectivity index (χ2v) is 6.26. The van der Waals surface area contributed by atoms with Crippen molar-refractivity contribution in [3.8, 4) is 11.5 Å². The van der Waals surface area contributed by atoms with Crippen LogP contribution in [0.1, 0.15) is 30.9 Å². The molecule has 1 aromatic rings. The zero-order valence-corrected chi connectivity index (χ0v) is 13.1. The van der Waals surface area contributed by atoms with E-state index in [-0.39, 0.29) is 23.2 Å². The maximum absolute atomic E-state index is 12.2. The monoisotopic (exact) mass is 296 g/mol. The lowest BCUT2D eigenvalue weighted by atomic mass is 9.78. The topological polar surface area (TPSA) is 35.5 Å². The van der Waals surface area contributed by atoms with Crippen LogP contribution in [0.15, 0.2) is 49.1 Å². The van der Waals surface area contributed by atoms with Crippen molar-refractivity contribution < 1.29 is 14.3 Å². The number of allylic oxidation sites excluding steroid dienone is 4. The number of benzene rings is 1. The number of carbonyl (C=O) groups is 1. The first-order valence-electron chi connectivity index (χ1n) is 7.40. The molecule has 0 aromatic heterocycles. The highest BCUT2D eigenvalue weighted by atomic mass is 16.5. The highest BCUT2D eigenvalue weighted by Crippen LogP contribution is 2.46. The van der Waals surface area contributed by atoms with Gasteiger partial charge in [-0.05, 0) is 12.1 Å². The van der Waals surface area contributed by atoms with Gasteiger partial charge in [-0.3, -0.25) is 4.79 Å². The van der Waals surface area contributed by atoms with Gasteiger partial charge in [-0.2, -0.15) is 0 Å². The maximum atomic E-state index is 12.2. The fourth-order valence-electron chi connectivity index (χ4n) is 3.01. The highest BCUT2D eigenvalue weighted by molar-refractivity contribution is 5.82. The fraction of sp³-hybridized carbons (Fsp3) is 0.316. The predicted octanol–water partition coefficient (Wildman–Crippen LogP) is 3.90. The second kappa shape index (κ2) is 5.16. The summed E-state index contributed by atoms with van der Waals surface area (Å²) in [7, 11) is 1.66. The van der Waals surface area contributed by atoms with Gasteiger partial charge in [0, 0.05) is 22.5 Å². The molecule has 0 N–H and O–H groups in total. The molecular weight excluding hydrogens is 276 g/mol. The van der Waals surface area contributed by atoms with E-state index < -0.39 is 0 Å². The van der Waals surface area contributed by atoms with E-state index in [9.17, 15) is 4.79 Å². The van der Waals surface area contributed by atoms with E-state index in [1.54, 1.807) is 7.11 Å². The first-order chi connectivity index (χ1) is 10.5. The fourth-order valence-corrected chi connectivity index (χ4v) is 3.01. The Labute approximate surface area is 130 Å². The molecule has 3 heteroatoms. The summed E-state index contributed by atoms with van der Waals surface area (Å²) in [5.41, 5.74) is 1.68. The highest BCUT2D eigenvalue weighted by Gasteiger charge is 2.37. The summed E-state index contributed by atoms with van der Waals surface area (Å²) in [6, 6.07) is 3.90. The number of ether oxygens (including phenoxy) is 2. The number of methoxy groups -OCH3 is 1. The minimum Gasteiger partial charge on any atom is -0.496 e. The molecule has 22 heavy (non-hydrogen) atoms. The Morgan fingerprint density at radius 1 is 1.23 bits per heavy atom. The van der Waals surface area contributed by atoms with E-state index in [4.69, 9.17) is 9.47 Å². The minimum absolute atomic E-state index is 0.0102. The predicted molar refractivity (Wildman–Crippen MR) is 86.4 cm³/mol. The summed E-state index contributed by atoms with van der Waals surface area (Å²) >= 11 is 0. The van der Waals surface area contributed by atoms with Crippen LogP contribution in [-0.4, -0.2) is 13.1 Å². The number of fused-ring (bicyclic) bond motifs is 3. The maximum Gasteiger partial charge on any atom is 0.319 e. The largest absolute Gasteiger partial charge is 0.496 e. The zero-order chi connectivity index (χ0) is 15.9. The molecule has 2 aliphatic rings. The van der Waals surface area contributed by atoms with Gasteiger partial charge in [0.15, 0.2) is 0 Å². The van der Waals surface area contributed by atoms with Crippen LogP contribution in [0.5, 0.6) is 11.5 Å². The van der Waals surface area contributed by atoms with Crippen molar-refractivity contribution >= 4 is 5.97 Å². The van der Waals surface area contributed by atoms with E-state index in [0.29, 0.717) is 5.75 Å². The van der Waals surface area contributed by atoms with E-state index in [1.807, 2.05) is 42.5 Å². The third kappa shape index (κ3) is 2.17. The first kappa shape index (κ1) is 14.6. The van der Waals surface area contributed by atoms with Gasteiger partial charge in [-0.15, -0.1) is 6.58 Å². The van der Waals surface area contributed by atoms with Crippen LogP contribution >= 0.6 is 0 Å². The van der Waals surface area contributed by atoms with E-state index in [2.05, 4.69) is 20.4 Å². The van der Waals surface area contributed by atoms with E-state index in [0.717, 1.165) is 16.9 Å². The van der Waals surface area contributed by atoms with Crippen molar-refractivity contribution in [3.63, 3.8) is 0 Å². The molecule has 0 radical (unpaired) electrons. The number of hydrogen-bond donors (Lipinski definition) is 0. The minimum atomic E-state index is -0.272. The Morgan fingerprint density at radius 2 is 1.91 bits per heavy atom. The molecule has 0 bridgehead atoms. The van der Waals surface area contributed by atoms with E-state index >= 15 is 0 Å². The van der Waals surface area contributed by atoms with E-state index in [1.165, 1.54) is 0 Å². The molecule has 0 saturated heterocycles. The lowest BCUT2D eigenvalue weighted by molar-refractivity contribution is -0.138. The molecule has 3 rings (SSSR count). The Bertz CT molecular complexity index is 695. The van der Waals surface area contributed by atoms with Gasteiger partial charge < -0.3 is 9.47 Å². The standard InChI is InChI=1S/C19H20O3/c1-5-19(2,3)15-11-16-14(10-17(15)21-4)12-8-6-7-9-13(12)18(20)22-16/h5-13H,1H2,2-4H3/t12-,13-/m0/s1. The Balaban J connectivity index is 2.17. The average molecular weight is 296 g/mol. The van der Waals surface area contributed by atoms with Crippen molar-refractivity contribution in [2.75, 3.05) is 7.11 Å². The average Bonchev–Trinajstić information content (AvgIpc) is 2.54. The van der Waals surface area contributed by atoms with Gasteiger partial charge in [0.05, 0.1) is 13.0 Å². The van der Waals surface area contributed by atoms with Crippen LogP contribution in [-0.2, 0) is 10.2 Å². The van der Waals surface area contributed by atoms with Crippen LogP contribution in [0.3, 0.4) is 0 Å². The summed E-state index contributed by atoms with van der Waals surface area (Å²) in [5, 5.41) is 0. The van der Waals surface area contributed by atoms with Gasteiger partial charge in [-0.25, -0.2) is 0 Å². The molecular formula is C19H20O3. The van der Waals surface area contributed by atoms with Gasteiger partial charge in [0.2, 0.25) is 0 Å². The number of esters is 1. The van der Waals surface area contributed by atoms with Gasteiger partial charge in [0.1, 0.15) is 11.5 Å². The van der Waals surface area contributed by atoms with Crippen molar-refractivity contribution in [3.05, 3.63) is 60.2 Å². The number of hydrogen-bond acceptors (Lipinski definition) is 3.